The number of benzene rings is 1. The summed E-state index contributed by atoms with van der Waals surface area (Å²) in [6.07, 6.45) is 2.78. The zero-order chi connectivity index (χ0) is 20.8. The van der Waals surface area contributed by atoms with Gasteiger partial charge in [0, 0.05) is 52.0 Å². The Hall–Kier alpha value is -3.13. The van der Waals surface area contributed by atoms with Gasteiger partial charge in [-0.2, -0.15) is 0 Å². The van der Waals surface area contributed by atoms with Gasteiger partial charge in [0.05, 0.1) is 11.4 Å². The third kappa shape index (κ3) is 5.23. The summed E-state index contributed by atoms with van der Waals surface area (Å²) in [5, 5.41) is 6.20. The topological polar surface area (TPSA) is 76.6 Å². The summed E-state index contributed by atoms with van der Waals surface area (Å²) in [6.45, 7) is 10.9. The van der Waals surface area contributed by atoms with Gasteiger partial charge >= 0.3 is 0 Å². The van der Waals surface area contributed by atoms with Crippen molar-refractivity contribution in [2.45, 2.75) is 6.92 Å². The monoisotopic (exact) mass is 395 g/mol. The van der Waals surface area contributed by atoms with Crippen LogP contribution < -0.4 is 20.4 Å². The largest absolute Gasteiger partial charge is 0.369 e. The van der Waals surface area contributed by atoms with Gasteiger partial charge in [-0.1, -0.05) is 13.5 Å². The molecule has 2 N–H and O–H groups in total. The highest BCUT2D eigenvalue weighted by atomic mass is 16.1. The molecule has 1 aromatic carbocycles. The van der Waals surface area contributed by atoms with Crippen LogP contribution in [0.15, 0.2) is 43.2 Å². The number of nitrogens with one attached hydrogen (secondary N) is 2. The maximum Gasteiger partial charge on any atom is 0.247 e. The smallest absolute Gasteiger partial charge is 0.247 e. The first-order valence-electron chi connectivity index (χ1n) is 9.81. The van der Waals surface area contributed by atoms with Crippen LogP contribution in [0.2, 0.25) is 0 Å². The van der Waals surface area contributed by atoms with Crippen molar-refractivity contribution in [1.29, 1.82) is 0 Å². The second-order valence-corrected chi connectivity index (χ2v) is 7.13. The van der Waals surface area contributed by atoms with E-state index in [1.807, 2.05) is 37.2 Å². The average molecular weight is 396 g/mol. The van der Waals surface area contributed by atoms with Crippen molar-refractivity contribution >= 4 is 34.6 Å². The van der Waals surface area contributed by atoms with Crippen LogP contribution >= 0.6 is 0 Å². The molecule has 29 heavy (non-hydrogen) atoms. The number of piperazine rings is 1. The molecular formula is C21H29N7O. The minimum absolute atomic E-state index is 0.256. The Balaban J connectivity index is 1.88. The van der Waals surface area contributed by atoms with Crippen LogP contribution in [0.5, 0.6) is 0 Å². The molecule has 0 atom stereocenters. The molecule has 0 spiro atoms. The zero-order valence-corrected chi connectivity index (χ0v) is 17.4. The van der Waals surface area contributed by atoms with Crippen LogP contribution in [0.25, 0.3) is 0 Å². The molecule has 1 aliphatic rings. The lowest BCUT2D eigenvalue weighted by Crippen LogP contribution is -2.46. The number of carbonyl (C=O) groups excluding carboxylic acids is 1. The van der Waals surface area contributed by atoms with E-state index < -0.39 is 0 Å². The average Bonchev–Trinajstić information content (AvgIpc) is 2.75. The van der Waals surface area contributed by atoms with Crippen molar-refractivity contribution < 1.29 is 4.79 Å². The van der Waals surface area contributed by atoms with Crippen LogP contribution in [-0.2, 0) is 4.79 Å². The van der Waals surface area contributed by atoms with Gasteiger partial charge in [0.2, 0.25) is 5.91 Å². The minimum Gasteiger partial charge on any atom is -0.369 e. The fourth-order valence-corrected chi connectivity index (χ4v) is 3.25. The molecule has 0 aliphatic carbocycles. The van der Waals surface area contributed by atoms with Gasteiger partial charge in [-0.25, -0.2) is 9.97 Å². The number of anilines is 5. The molecule has 1 saturated heterocycles. The van der Waals surface area contributed by atoms with E-state index in [2.05, 4.69) is 50.0 Å². The molecule has 0 bridgehead atoms. The molecule has 2 aromatic rings. The molecule has 0 unspecified atom stereocenters. The molecular weight excluding hydrogens is 366 g/mol. The fourth-order valence-electron chi connectivity index (χ4n) is 3.25. The second-order valence-electron chi connectivity index (χ2n) is 7.13. The fraction of sp³-hybridized carbons (Fsp3) is 0.381. The highest BCUT2D eigenvalue weighted by molar-refractivity contribution is 6.01. The molecule has 154 valence electrons. The number of hydrogen-bond acceptors (Lipinski definition) is 7. The minimum atomic E-state index is -0.256. The Morgan fingerprint density at radius 1 is 1.17 bits per heavy atom. The van der Waals surface area contributed by atoms with Crippen LogP contribution in [0, 0.1) is 0 Å². The predicted molar refractivity (Wildman–Crippen MR) is 119 cm³/mol. The van der Waals surface area contributed by atoms with E-state index in [0.29, 0.717) is 11.5 Å². The SMILES string of the molecule is C=CC(=O)Nc1ccc(N2CCN(CC)CC2)cc1Nc1cc(N(C)C)ncn1. The Bertz CT molecular complexity index is 860. The van der Waals surface area contributed by atoms with Gasteiger partial charge in [0.25, 0.3) is 0 Å². The van der Waals surface area contributed by atoms with Gasteiger partial charge < -0.3 is 25.3 Å². The lowest BCUT2D eigenvalue weighted by atomic mass is 10.2. The van der Waals surface area contributed by atoms with Gasteiger partial charge in [0.1, 0.15) is 18.0 Å². The Labute approximate surface area is 172 Å². The van der Waals surface area contributed by atoms with Crippen LogP contribution in [0.3, 0.4) is 0 Å². The van der Waals surface area contributed by atoms with Crippen molar-refractivity contribution in [3.63, 3.8) is 0 Å². The standard InChI is InChI=1S/C21H29N7O/c1-5-21(29)25-17-8-7-16(28-11-9-27(6-2)10-12-28)13-18(17)24-19-14-20(26(3)4)23-15-22-19/h5,7-8,13-15H,1,6,9-12H2,2-4H3,(H,25,29)(H,22,23,24). The van der Waals surface area contributed by atoms with Crippen LogP contribution in [0.1, 0.15) is 6.92 Å². The first-order valence-corrected chi connectivity index (χ1v) is 9.81. The van der Waals surface area contributed by atoms with Crippen molar-refractivity contribution in [1.82, 2.24) is 14.9 Å². The molecule has 0 saturated carbocycles. The van der Waals surface area contributed by atoms with E-state index in [4.69, 9.17) is 0 Å². The molecule has 1 fully saturated rings. The summed E-state index contributed by atoms with van der Waals surface area (Å²) in [5.41, 5.74) is 2.57. The maximum atomic E-state index is 11.9. The van der Waals surface area contributed by atoms with E-state index in [9.17, 15) is 4.79 Å². The Morgan fingerprint density at radius 3 is 2.59 bits per heavy atom. The van der Waals surface area contributed by atoms with Crippen molar-refractivity contribution in [2.24, 2.45) is 0 Å². The summed E-state index contributed by atoms with van der Waals surface area (Å²) in [4.78, 5) is 27.2. The zero-order valence-electron chi connectivity index (χ0n) is 17.4. The highest BCUT2D eigenvalue weighted by Gasteiger charge is 2.17. The molecule has 0 radical (unpaired) electrons. The summed E-state index contributed by atoms with van der Waals surface area (Å²) >= 11 is 0. The number of carbonyl (C=O) groups is 1. The molecule has 1 amide bonds. The first-order chi connectivity index (χ1) is 14.0. The summed E-state index contributed by atoms with van der Waals surface area (Å²) in [5.74, 6) is 1.20. The van der Waals surface area contributed by atoms with E-state index in [1.54, 1.807) is 0 Å². The number of hydrogen-bond donors (Lipinski definition) is 2. The molecule has 3 rings (SSSR count). The molecule has 2 heterocycles. The molecule has 8 nitrogen and oxygen atoms in total. The highest BCUT2D eigenvalue weighted by Crippen LogP contribution is 2.31. The number of likely N-dealkylation sites (N-methyl/N-ethyl adjacent to an activating group) is 1. The van der Waals surface area contributed by atoms with E-state index in [-0.39, 0.29) is 5.91 Å². The van der Waals surface area contributed by atoms with Gasteiger partial charge in [0.15, 0.2) is 0 Å². The quantitative estimate of drug-likeness (QED) is 0.698. The maximum absolute atomic E-state index is 11.9. The Morgan fingerprint density at radius 2 is 1.93 bits per heavy atom. The lowest BCUT2D eigenvalue weighted by Gasteiger charge is -2.35. The second kappa shape index (κ2) is 9.38. The normalized spacial score (nSPS) is 14.4. The van der Waals surface area contributed by atoms with E-state index >= 15 is 0 Å². The van der Waals surface area contributed by atoms with Crippen molar-refractivity contribution in [3.8, 4) is 0 Å². The van der Waals surface area contributed by atoms with Crippen LogP contribution in [-0.4, -0.2) is 67.6 Å². The van der Waals surface area contributed by atoms with E-state index in [0.717, 1.165) is 49.9 Å². The van der Waals surface area contributed by atoms with Gasteiger partial charge in [-0.3, -0.25) is 4.79 Å². The predicted octanol–water partition coefficient (Wildman–Crippen LogP) is 2.55. The molecule has 8 heteroatoms. The number of amides is 1. The number of nitrogens with zero attached hydrogens (tertiary/aromatic N) is 5. The van der Waals surface area contributed by atoms with Gasteiger partial charge in [-0.05, 0) is 30.8 Å². The number of aromatic nitrogens is 2. The number of rotatable bonds is 7. The van der Waals surface area contributed by atoms with Crippen LogP contribution in [0.4, 0.5) is 28.7 Å². The van der Waals surface area contributed by atoms with E-state index in [1.165, 1.54) is 12.4 Å². The van der Waals surface area contributed by atoms with Gasteiger partial charge in [-0.15, -0.1) is 0 Å². The summed E-state index contributed by atoms with van der Waals surface area (Å²) in [7, 11) is 3.86. The first kappa shape index (κ1) is 20.6. The Kier molecular flexibility index (Phi) is 6.66. The third-order valence-corrected chi connectivity index (χ3v) is 5.00. The summed E-state index contributed by atoms with van der Waals surface area (Å²) < 4.78 is 0. The third-order valence-electron chi connectivity index (χ3n) is 5.00. The van der Waals surface area contributed by atoms with Crippen molar-refractivity contribution in [2.75, 3.05) is 67.3 Å². The molecule has 1 aromatic heterocycles. The molecule has 1 aliphatic heterocycles. The summed E-state index contributed by atoms with van der Waals surface area (Å²) in [6, 6.07) is 7.87. The van der Waals surface area contributed by atoms with Crippen molar-refractivity contribution in [3.05, 3.63) is 43.2 Å². The lowest BCUT2D eigenvalue weighted by molar-refractivity contribution is -0.111.